The zero-order valence-electron chi connectivity index (χ0n) is 15.9. The van der Waals surface area contributed by atoms with Crippen LogP contribution in [0.15, 0.2) is 41.5 Å². The van der Waals surface area contributed by atoms with Gasteiger partial charge in [0.1, 0.15) is 5.82 Å². The van der Waals surface area contributed by atoms with Crippen molar-refractivity contribution < 1.29 is 4.39 Å². The minimum absolute atomic E-state index is 0.0657. The number of hydrogen-bond acceptors (Lipinski definition) is 5. The van der Waals surface area contributed by atoms with Gasteiger partial charge in [-0.2, -0.15) is 5.10 Å². The Bertz CT molecular complexity index is 868. The lowest BCUT2D eigenvalue weighted by atomic mass is 10.1. The van der Waals surface area contributed by atoms with E-state index < -0.39 is 0 Å². The SMILES string of the molecule is NC(=S)N/N=C/c1cc(F)c(NCCNc2ccc(Cl)cc2)cc1N1CCCC1. The Kier molecular flexibility index (Phi) is 7.48. The minimum Gasteiger partial charge on any atom is -0.383 e. The first-order valence-electron chi connectivity index (χ1n) is 9.43. The highest BCUT2D eigenvalue weighted by Gasteiger charge is 2.18. The summed E-state index contributed by atoms with van der Waals surface area (Å²) in [4.78, 5) is 2.23. The van der Waals surface area contributed by atoms with E-state index in [2.05, 4.69) is 26.1 Å². The molecule has 2 aromatic carbocycles. The van der Waals surface area contributed by atoms with Gasteiger partial charge in [0.2, 0.25) is 0 Å². The molecule has 0 unspecified atom stereocenters. The van der Waals surface area contributed by atoms with Gasteiger partial charge < -0.3 is 21.3 Å². The predicted molar refractivity (Wildman–Crippen MR) is 124 cm³/mol. The maximum Gasteiger partial charge on any atom is 0.184 e. The first-order valence-corrected chi connectivity index (χ1v) is 10.2. The fourth-order valence-corrected chi connectivity index (χ4v) is 3.36. The third kappa shape index (κ3) is 6.20. The number of nitrogens with zero attached hydrogens (tertiary/aromatic N) is 2. The molecular formula is C20H24ClFN6S. The molecule has 6 nitrogen and oxygen atoms in total. The Balaban J connectivity index is 1.67. The third-order valence-corrected chi connectivity index (χ3v) is 4.90. The Morgan fingerprint density at radius 1 is 1.17 bits per heavy atom. The Hall–Kier alpha value is -2.58. The quantitative estimate of drug-likeness (QED) is 0.219. The highest BCUT2D eigenvalue weighted by molar-refractivity contribution is 7.80. The highest BCUT2D eigenvalue weighted by Crippen LogP contribution is 2.29. The number of anilines is 3. The molecule has 0 bridgehead atoms. The molecule has 1 heterocycles. The lowest BCUT2D eigenvalue weighted by Gasteiger charge is -2.22. The molecule has 1 aliphatic heterocycles. The van der Waals surface area contributed by atoms with Crippen LogP contribution in [-0.2, 0) is 0 Å². The topological polar surface area (TPSA) is 77.7 Å². The summed E-state index contributed by atoms with van der Waals surface area (Å²) >= 11 is 10.6. The average Bonchev–Trinajstić information content (AvgIpc) is 3.22. The standard InChI is InChI=1S/C20H24ClFN6S/c21-15-3-5-16(6-4-15)24-7-8-25-18-12-19(28-9-1-2-10-28)14(11-17(18)22)13-26-27-20(23)29/h3-6,11-13,24-25H,1-2,7-10H2,(H3,23,27,29)/b26-13+. The van der Waals surface area contributed by atoms with Crippen LogP contribution in [0.1, 0.15) is 18.4 Å². The Morgan fingerprint density at radius 2 is 1.86 bits per heavy atom. The van der Waals surface area contributed by atoms with E-state index >= 15 is 0 Å². The number of hydrogen-bond donors (Lipinski definition) is 4. The third-order valence-electron chi connectivity index (χ3n) is 4.56. The molecule has 0 atom stereocenters. The van der Waals surface area contributed by atoms with Gasteiger partial charge in [0.15, 0.2) is 5.11 Å². The maximum absolute atomic E-state index is 14.6. The monoisotopic (exact) mass is 434 g/mol. The van der Waals surface area contributed by atoms with Crippen molar-refractivity contribution in [2.24, 2.45) is 10.8 Å². The number of halogens is 2. The van der Waals surface area contributed by atoms with Gasteiger partial charge in [-0.3, -0.25) is 5.43 Å². The van der Waals surface area contributed by atoms with Crippen molar-refractivity contribution in [1.82, 2.24) is 5.43 Å². The van der Waals surface area contributed by atoms with E-state index in [4.69, 9.17) is 29.6 Å². The largest absolute Gasteiger partial charge is 0.383 e. The minimum atomic E-state index is -0.337. The summed E-state index contributed by atoms with van der Waals surface area (Å²) in [5, 5.41) is 11.2. The lowest BCUT2D eigenvalue weighted by molar-refractivity contribution is 0.630. The molecule has 0 radical (unpaired) electrons. The summed E-state index contributed by atoms with van der Waals surface area (Å²) in [6, 6.07) is 10.8. The summed E-state index contributed by atoms with van der Waals surface area (Å²) in [7, 11) is 0. The van der Waals surface area contributed by atoms with Gasteiger partial charge in [-0.25, -0.2) is 4.39 Å². The number of nitrogens with one attached hydrogen (secondary N) is 3. The Labute approximate surface area is 180 Å². The van der Waals surface area contributed by atoms with E-state index in [9.17, 15) is 4.39 Å². The molecule has 0 spiro atoms. The normalized spacial score (nSPS) is 13.7. The van der Waals surface area contributed by atoms with Crippen LogP contribution in [0.3, 0.4) is 0 Å². The van der Waals surface area contributed by atoms with Gasteiger partial charge >= 0.3 is 0 Å². The molecule has 1 saturated heterocycles. The van der Waals surface area contributed by atoms with Gasteiger partial charge in [-0.1, -0.05) is 11.6 Å². The summed E-state index contributed by atoms with van der Waals surface area (Å²) in [6.45, 7) is 3.08. The van der Waals surface area contributed by atoms with Crippen molar-refractivity contribution in [2.45, 2.75) is 12.8 Å². The summed E-state index contributed by atoms with van der Waals surface area (Å²) in [5.41, 5.74) is 10.9. The molecule has 0 saturated carbocycles. The molecule has 29 heavy (non-hydrogen) atoms. The van der Waals surface area contributed by atoms with Crippen LogP contribution in [0.5, 0.6) is 0 Å². The summed E-state index contributed by atoms with van der Waals surface area (Å²) in [5.74, 6) is -0.337. The predicted octanol–water partition coefficient (Wildman–Crippen LogP) is 3.77. The first-order chi connectivity index (χ1) is 14.0. The van der Waals surface area contributed by atoms with Gasteiger partial charge in [0, 0.05) is 48.1 Å². The van der Waals surface area contributed by atoms with Crippen molar-refractivity contribution in [3.63, 3.8) is 0 Å². The summed E-state index contributed by atoms with van der Waals surface area (Å²) in [6.07, 6.45) is 3.78. The zero-order valence-corrected chi connectivity index (χ0v) is 17.5. The van der Waals surface area contributed by atoms with Crippen molar-refractivity contribution in [3.05, 3.63) is 52.8 Å². The van der Waals surface area contributed by atoms with Crippen molar-refractivity contribution in [2.75, 3.05) is 41.7 Å². The molecule has 0 aromatic heterocycles. The fraction of sp³-hybridized carbons (Fsp3) is 0.300. The van der Waals surface area contributed by atoms with Crippen LogP contribution in [0.2, 0.25) is 5.02 Å². The zero-order chi connectivity index (χ0) is 20.6. The van der Waals surface area contributed by atoms with Gasteiger partial charge in [0.25, 0.3) is 0 Å². The van der Waals surface area contributed by atoms with Gasteiger partial charge in [-0.15, -0.1) is 0 Å². The van der Waals surface area contributed by atoms with Gasteiger partial charge in [0.05, 0.1) is 11.9 Å². The number of rotatable bonds is 8. The summed E-state index contributed by atoms with van der Waals surface area (Å²) < 4.78 is 14.6. The van der Waals surface area contributed by atoms with Crippen LogP contribution in [0, 0.1) is 5.82 Å². The van der Waals surface area contributed by atoms with E-state index in [1.807, 2.05) is 30.3 Å². The number of benzene rings is 2. The van der Waals surface area contributed by atoms with Crippen molar-refractivity contribution in [1.29, 1.82) is 0 Å². The van der Waals surface area contributed by atoms with E-state index in [1.165, 1.54) is 6.07 Å². The second kappa shape index (κ2) is 10.3. The van der Waals surface area contributed by atoms with Crippen molar-refractivity contribution in [3.8, 4) is 0 Å². The second-order valence-electron chi connectivity index (χ2n) is 6.68. The molecule has 1 aliphatic rings. The molecule has 154 valence electrons. The van der Waals surface area contributed by atoms with E-state index in [-0.39, 0.29) is 10.9 Å². The molecule has 0 amide bonds. The molecule has 5 N–H and O–H groups in total. The maximum atomic E-state index is 14.6. The van der Waals surface area contributed by atoms with E-state index in [0.717, 1.165) is 37.3 Å². The molecular weight excluding hydrogens is 411 g/mol. The molecule has 9 heteroatoms. The lowest BCUT2D eigenvalue weighted by Crippen LogP contribution is -2.24. The van der Waals surface area contributed by atoms with E-state index in [1.54, 1.807) is 6.21 Å². The molecule has 1 fully saturated rings. The molecule has 3 rings (SSSR count). The molecule has 0 aliphatic carbocycles. The fourth-order valence-electron chi connectivity index (χ4n) is 3.19. The van der Waals surface area contributed by atoms with E-state index in [0.29, 0.717) is 29.4 Å². The van der Waals surface area contributed by atoms with Crippen LogP contribution in [-0.4, -0.2) is 37.5 Å². The van der Waals surface area contributed by atoms with Crippen LogP contribution >= 0.6 is 23.8 Å². The second-order valence-corrected chi connectivity index (χ2v) is 7.56. The van der Waals surface area contributed by atoms with Crippen LogP contribution in [0.25, 0.3) is 0 Å². The van der Waals surface area contributed by atoms with Crippen molar-refractivity contribution >= 4 is 52.2 Å². The van der Waals surface area contributed by atoms with Crippen LogP contribution < -0.4 is 26.7 Å². The van der Waals surface area contributed by atoms with Crippen LogP contribution in [0.4, 0.5) is 21.5 Å². The number of thiocarbonyl (C=S) groups is 1. The Morgan fingerprint density at radius 3 is 2.55 bits per heavy atom. The first kappa shape index (κ1) is 21.1. The highest BCUT2D eigenvalue weighted by atomic mass is 35.5. The molecule has 2 aromatic rings. The average molecular weight is 435 g/mol. The number of nitrogens with two attached hydrogens (primary N) is 1. The van der Waals surface area contributed by atoms with Gasteiger partial charge in [-0.05, 0) is 61.5 Å². The number of hydrazone groups is 1. The smallest absolute Gasteiger partial charge is 0.184 e.